The second-order valence-corrected chi connectivity index (χ2v) is 7.45. The Morgan fingerprint density at radius 3 is 2.53 bits per heavy atom. The van der Waals surface area contributed by atoms with Gasteiger partial charge in [-0.05, 0) is 36.4 Å². The van der Waals surface area contributed by atoms with Crippen LogP contribution < -0.4 is 14.8 Å². The van der Waals surface area contributed by atoms with Gasteiger partial charge in [-0.1, -0.05) is 0 Å². The normalized spacial score (nSPS) is 12.3. The number of nitrogens with one attached hydrogen (secondary N) is 1. The van der Waals surface area contributed by atoms with E-state index in [9.17, 15) is 14.9 Å². The van der Waals surface area contributed by atoms with Crippen molar-refractivity contribution in [3.63, 3.8) is 0 Å². The molecule has 0 bridgehead atoms. The summed E-state index contributed by atoms with van der Waals surface area (Å²) in [7, 11) is 1.58. The van der Waals surface area contributed by atoms with E-state index >= 15 is 0 Å². The van der Waals surface area contributed by atoms with Crippen LogP contribution in [-0.4, -0.2) is 34.3 Å². The summed E-state index contributed by atoms with van der Waals surface area (Å²) in [6, 6.07) is 13.0. The lowest BCUT2D eigenvalue weighted by molar-refractivity contribution is -0.384. The maximum atomic E-state index is 12.5. The summed E-state index contributed by atoms with van der Waals surface area (Å²) in [5, 5.41) is 18.4. The minimum absolute atomic E-state index is 0.00696. The number of ether oxygens (including phenoxy) is 2. The summed E-state index contributed by atoms with van der Waals surface area (Å²) < 4.78 is 12.3. The zero-order valence-corrected chi connectivity index (χ0v) is 16.8. The first kappa shape index (κ1) is 19.8. The van der Waals surface area contributed by atoms with Gasteiger partial charge in [0.2, 0.25) is 0 Å². The van der Waals surface area contributed by atoms with Crippen molar-refractivity contribution in [2.75, 3.05) is 19.0 Å². The van der Waals surface area contributed by atoms with Crippen LogP contribution in [-0.2, 0) is 16.3 Å². The molecule has 1 aromatic heterocycles. The van der Waals surface area contributed by atoms with Gasteiger partial charge in [-0.15, -0.1) is 0 Å². The molecule has 2 aromatic carbocycles. The Kier molecular flexibility index (Phi) is 5.57. The fourth-order valence-electron chi connectivity index (χ4n) is 3.03. The largest absolute Gasteiger partial charge is 0.497 e. The summed E-state index contributed by atoms with van der Waals surface area (Å²) in [4.78, 5) is 23.0. The molecule has 3 aromatic rings. The van der Waals surface area contributed by atoms with Crippen LogP contribution in [0, 0.1) is 10.1 Å². The van der Waals surface area contributed by atoms with Gasteiger partial charge < -0.3 is 14.8 Å². The van der Waals surface area contributed by atoms with Crippen molar-refractivity contribution in [2.24, 2.45) is 0 Å². The first-order valence-electron chi connectivity index (χ1n) is 9.05. The number of benzene rings is 2. The van der Waals surface area contributed by atoms with Crippen LogP contribution in [0.15, 0.2) is 48.5 Å². The highest BCUT2D eigenvalue weighted by molar-refractivity contribution is 7.98. The van der Waals surface area contributed by atoms with Gasteiger partial charge in [0.1, 0.15) is 17.3 Å². The predicted octanol–water partition coefficient (Wildman–Crippen LogP) is 3.55. The maximum absolute atomic E-state index is 12.5. The Balaban J connectivity index is 1.51. The van der Waals surface area contributed by atoms with Crippen LogP contribution in [0.1, 0.15) is 11.3 Å². The Bertz CT molecular complexity index is 1080. The highest BCUT2D eigenvalue weighted by Crippen LogP contribution is 2.36. The van der Waals surface area contributed by atoms with Crippen LogP contribution in [0.25, 0.3) is 5.69 Å². The van der Waals surface area contributed by atoms with Gasteiger partial charge in [0, 0.05) is 29.2 Å². The standard InChI is InChI=1S/C20H18N4O5S/c1-28-15-6-8-16(9-7-15)29-10-19(25)21-20-17-11-30-12-18(17)22-23(20)13-2-4-14(5-3-13)24(26)27/h2-9H,10-12H2,1H3,(H,21,25). The number of amides is 1. The van der Waals surface area contributed by atoms with E-state index < -0.39 is 4.92 Å². The van der Waals surface area contributed by atoms with Crippen LogP contribution in [0.4, 0.5) is 11.5 Å². The molecule has 9 nitrogen and oxygen atoms in total. The molecule has 0 fully saturated rings. The lowest BCUT2D eigenvalue weighted by Gasteiger charge is -2.12. The lowest BCUT2D eigenvalue weighted by Crippen LogP contribution is -2.22. The quantitative estimate of drug-likeness (QED) is 0.454. The van der Waals surface area contributed by atoms with Crippen LogP contribution in [0.3, 0.4) is 0 Å². The minimum atomic E-state index is -0.456. The molecule has 0 aliphatic carbocycles. The van der Waals surface area contributed by atoms with Crippen molar-refractivity contribution >= 4 is 29.2 Å². The van der Waals surface area contributed by atoms with E-state index in [-0.39, 0.29) is 18.2 Å². The average Bonchev–Trinajstić information content (AvgIpc) is 3.35. The van der Waals surface area contributed by atoms with Crippen molar-refractivity contribution in [1.82, 2.24) is 9.78 Å². The fraction of sp³-hybridized carbons (Fsp3) is 0.200. The Morgan fingerprint density at radius 1 is 1.17 bits per heavy atom. The van der Waals surface area contributed by atoms with Gasteiger partial charge in [0.15, 0.2) is 6.61 Å². The molecule has 1 amide bonds. The van der Waals surface area contributed by atoms with Crippen LogP contribution in [0.5, 0.6) is 11.5 Å². The molecular weight excluding hydrogens is 408 g/mol. The van der Waals surface area contributed by atoms with Crippen LogP contribution >= 0.6 is 11.8 Å². The Hall–Kier alpha value is -3.53. The molecule has 4 rings (SSSR count). The molecule has 1 N–H and O–H groups in total. The number of thioether (sulfide) groups is 1. The summed E-state index contributed by atoms with van der Waals surface area (Å²) in [5.41, 5.74) is 2.47. The summed E-state index contributed by atoms with van der Waals surface area (Å²) >= 11 is 1.72. The number of hydrogen-bond donors (Lipinski definition) is 1. The maximum Gasteiger partial charge on any atom is 0.269 e. The monoisotopic (exact) mass is 426 g/mol. The Morgan fingerprint density at radius 2 is 1.87 bits per heavy atom. The molecule has 10 heteroatoms. The average molecular weight is 426 g/mol. The molecule has 0 saturated carbocycles. The number of hydrogen-bond acceptors (Lipinski definition) is 7. The zero-order chi connectivity index (χ0) is 21.1. The number of nitrogens with zero attached hydrogens (tertiary/aromatic N) is 3. The number of anilines is 1. The number of aromatic nitrogens is 2. The van der Waals surface area contributed by atoms with E-state index in [2.05, 4.69) is 10.4 Å². The molecule has 2 heterocycles. The van der Waals surface area contributed by atoms with Gasteiger partial charge in [-0.3, -0.25) is 14.9 Å². The number of nitro benzene ring substituents is 1. The van der Waals surface area contributed by atoms with E-state index in [4.69, 9.17) is 9.47 Å². The predicted molar refractivity (Wildman–Crippen MR) is 112 cm³/mol. The zero-order valence-electron chi connectivity index (χ0n) is 16.0. The van der Waals surface area contributed by atoms with Crippen molar-refractivity contribution in [2.45, 2.75) is 11.5 Å². The van der Waals surface area contributed by atoms with Gasteiger partial charge in [-0.2, -0.15) is 16.9 Å². The summed E-state index contributed by atoms with van der Waals surface area (Å²) in [6.07, 6.45) is 0. The molecule has 0 atom stereocenters. The molecule has 1 aliphatic heterocycles. The highest BCUT2D eigenvalue weighted by Gasteiger charge is 2.25. The lowest BCUT2D eigenvalue weighted by atomic mass is 10.2. The van der Waals surface area contributed by atoms with E-state index in [1.165, 1.54) is 12.1 Å². The number of carbonyl (C=O) groups excluding carboxylic acids is 1. The van der Waals surface area contributed by atoms with Gasteiger partial charge in [0.25, 0.3) is 11.6 Å². The smallest absolute Gasteiger partial charge is 0.269 e. The number of rotatable bonds is 7. The number of methoxy groups -OCH3 is 1. The molecule has 0 saturated heterocycles. The topological polar surface area (TPSA) is 109 Å². The van der Waals surface area contributed by atoms with Crippen LogP contribution in [0.2, 0.25) is 0 Å². The number of nitro groups is 1. The minimum Gasteiger partial charge on any atom is -0.497 e. The molecule has 0 radical (unpaired) electrons. The Labute approximate surface area is 176 Å². The molecular formula is C20H18N4O5S. The van der Waals surface area contributed by atoms with Crippen molar-refractivity contribution in [3.05, 3.63) is 69.9 Å². The SMILES string of the molecule is COc1ccc(OCC(=O)Nc2c3c(nn2-c2ccc([N+](=O)[O-])cc2)CSC3)cc1. The van der Waals surface area contributed by atoms with Gasteiger partial charge >= 0.3 is 0 Å². The van der Waals surface area contributed by atoms with E-state index in [0.717, 1.165) is 22.8 Å². The first-order chi connectivity index (χ1) is 14.5. The van der Waals surface area contributed by atoms with Gasteiger partial charge in [0.05, 0.1) is 23.4 Å². The third-order valence-electron chi connectivity index (χ3n) is 4.54. The molecule has 154 valence electrons. The molecule has 30 heavy (non-hydrogen) atoms. The highest BCUT2D eigenvalue weighted by atomic mass is 32.2. The van der Waals surface area contributed by atoms with E-state index in [1.54, 1.807) is 60.0 Å². The van der Waals surface area contributed by atoms with Crippen molar-refractivity contribution < 1.29 is 19.2 Å². The molecule has 0 spiro atoms. The first-order valence-corrected chi connectivity index (χ1v) is 10.2. The van der Waals surface area contributed by atoms with E-state index in [1.807, 2.05) is 0 Å². The second-order valence-electron chi connectivity index (χ2n) is 6.46. The number of carbonyl (C=O) groups is 1. The molecule has 0 unspecified atom stereocenters. The van der Waals surface area contributed by atoms with E-state index in [0.29, 0.717) is 23.0 Å². The summed E-state index contributed by atoms with van der Waals surface area (Å²) in [6.45, 7) is -0.167. The van der Waals surface area contributed by atoms with Crippen molar-refractivity contribution in [3.8, 4) is 17.2 Å². The number of fused-ring (bicyclic) bond motifs is 1. The van der Waals surface area contributed by atoms with Gasteiger partial charge in [-0.25, -0.2) is 4.68 Å². The van der Waals surface area contributed by atoms with Crippen molar-refractivity contribution in [1.29, 1.82) is 0 Å². The summed E-state index contributed by atoms with van der Waals surface area (Å²) in [5.74, 6) is 2.97. The molecule has 1 aliphatic rings. The third kappa shape index (κ3) is 4.08. The third-order valence-corrected chi connectivity index (χ3v) is 5.51. The second kappa shape index (κ2) is 8.46. The number of non-ortho nitro benzene ring substituents is 1. The fourth-order valence-corrected chi connectivity index (χ4v) is 4.07.